The highest BCUT2D eigenvalue weighted by Gasteiger charge is 2.49. The van der Waals surface area contributed by atoms with Gasteiger partial charge in [-0.1, -0.05) is 12.1 Å². The quantitative estimate of drug-likeness (QED) is 0.359. The van der Waals surface area contributed by atoms with E-state index in [1.807, 2.05) is 30.5 Å². The van der Waals surface area contributed by atoms with E-state index in [2.05, 4.69) is 10.3 Å². The Labute approximate surface area is 192 Å². The molecule has 0 bridgehead atoms. The lowest BCUT2D eigenvalue weighted by molar-refractivity contribution is -0.115. The second-order valence-electron chi connectivity index (χ2n) is 7.53. The van der Waals surface area contributed by atoms with Gasteiger partial charge in [-0.2, -0.15) is 0 Å². The third-order valence-corrected chi connectivity index (χ3v) is 7.49. The highest BCUT2D eigenvalue weighted by molar-refractivity contribution is 8.00. The normalized spacial score (nSPS) is 14.1. The summed E-state index contributed by atoms with van der Waals surface area (Å²) in [5.41, 5.74) is 1.04. The molecular formula is C24H20F3NO2S2. The molecule has 32 heavy (non-hydrogen) atoms. The van der Waals surface area contributed by atoms with Gasteiger partial charge in [-0.05, 0) is 67.1 Å². The number of halogens is 3. The SMILES string of the molecule is CSc1ccc(CC(=O)Nc2cc(F)c(C3(Sc4ccc(F)cc4)CC3)c(OF)c2)cc1. The van der Waals surface area contributed by atoms with Crippen LogP contribution < -0.4 is 10.3 Å². The van der Waals surface area contributed by atoms with E-state index in [-0.39, 0.29) is 35.1 Å². The van der Waals surface area contributed by atoms with Crippen LogP contribution in [0.3, 0.4) is 0 Å². The first kappa shape index (κ1) is 22.6. The molecule has 1 saturated carbocycles. The minimum absolute atomic E-state index is 0.105. The van der Waals surface area contributed by atoms with E-state index in [1.54, 1.807) is 23.9 Å². The molecule has 1 aliphatic rings. The van der Waals surface area contributed by atoms with Gasteiger partial charge in [0.25, 0.3) is 0 Å². The fourth-order valence-electron chi connectivity index (χ4n) is 3.54. The van der Waals surface area contributed by atoms with Crippen molar-refractivity contribution in [3.63, 3.8) is 0 Å². The topological polar surface area (TPSA) is 38.3 Å². The summed E-state index contributed by atoms with van der Waals surface area (Å²) < 4.78 is 41.0. The maximum atomic E-state index is 15.1. The molecule has 0 saturated heterocycles. The van der Waals surface area contributed by atoms with Crippen LogP contribution in [-0.4, -0.2) is 12.2 Å². The summed E-state index contributed by atoms with van der Waals surface area (Å²) in [6.07, 6.45) is 3.32. The Hall–Kier alpha value is -2.58. The average Bonchev–Trinajstić information content (AvgIpc) is 3.55. The number of carbonyl (C=O) groups is 1. The Morgan fingerprint density at radius 3 is 2.28 bits per heavy atom. The fourth-order valence-corrected chi connectivity index (χ4v) is 5.27. The third-order valence-electron chi connectivity index (χ3n) is 5.23. The van der Waals surface area contributed by atoms with E-state index < -0.39 is 10.6 Å². The summed E-state index contributed by atoms with van der Waals surface area (Å²) in [4.78, 5) is 18.2. The molecule has 0 atom stereocenters. The zero-order chi connectivity index (χ0) is 22.7. The number of rotatable bonds is 8. The van der Waals surface area contributed by atoms with Crippen molar-refractivity contribution in [1.29, 1.82) is 0 Å². The first-order valence-corrected chi connectivity index (χ1v) is 12.0. The van der Waals surface area contributed by atoms with Gasteiger partial charge < -0.3 is 5.32 Å². The number of hydrogen-bond acceptors (Lipinski definition) is 4. The van der Waals surface area contributed by atoms with E-state index >= 15 is 4.39 Å². The third kappa shape index (κ3) is 5.07. The van der Waals surface area contributed by atoms with Crippen molar-refractivity contribution in [2.45, 2.75) is 33.8 Å². The largest absolute Gasteiger partial charge is 0.326 e. The summed E-state index contributed by atoms with van der Waals surface area (Å²) in [5, 5.41) is 2.61. The van der Waals surface area contributed by atoms with Crippen LogP contribution in [0.1, 0.15) is 24.0 Å². The molecule has 166 valence electrons. The van der Waals surface area contributed by atoms with Crippen molar-refractivity contribution in [3.05, 3.63) is 83.4 Å². The first-order chi connectivity index (χ1) is 15.4. The molecule has 0 aliphatic heterocycles. The fraction of sp³-hybridized carbons (Fsp3) is 0.208. The highest BCUT2D eigenvalue weighted by Crippen LogP contribution is 2.62. The van der Waals surface area contributed by atoms with Crippen molar-refractivity contribution in [1.82, 2.24) is 0 Å². The molecule has 1 aliphatic carbocycles. The van der Waals surface area contributed by atoms with Crippen molar-refractivity contribution >= 4 is 35.1 Å². The van der Waals surface area contributed by atoms with E-state index in [0.29, 0.717) is 12.8 Å². The average molecular weight is 476 g/mol. The van der Waals surface area contributed by atoms with Crippen molar-refractivity contribution < 1.29 is 23.0 Å². The maximum absolute atomic E-state index is 15.1. The smallest absolute Gasteiger partial charge is 0.228 e. The lowest BCUT2D eigenvalue weighted by Crippen LogP contribution is -2.15. The van der Waals surface area contributed by atoms with Crippen LogP contribution in [0.15, 0.2) is 70.5 Å². The summed E-state index contributed by atoms with van der Waals surface area (Å²) in [6, 6.07) is 15.9. The molecular weight excluding hydrogens is 455 g/mol. The monoisotopic (exact) mass is 475 g/mol. The molecule has 0 heterocycles. The molecule has 0 radical (unpaired) electrons. The minimum atomic E-state index is -0.690. The lowest BCUT2D eigenvalue weighted by atomic mass is 10.1. The number of nitrogens with one attached hydrogen (secondary N) is 1. The second-order valence-corrected chi connectivity index (χ2v) is 9.87. The van der Waals surface area contributed by atoms with Crippen molar-refractivity contribution in [2.75, 3.05) is 11.6 Å². The molecule has 3 nitrogen and oxygen atoms in total. The summed E-state index contributed by atoms with van der Waals surface area (Å²) >= 11 is 2.95. The summed E-state index contributed by atoms with van der Waals surface area (Å²) in [7, 11) is 0. The van der Waals surface area contributed by atoms with Gasteiger partial charge in [-0.15, -0.1) is 23.5 Å². The van der Waals surface area contributed by atoms with E-state index in [9.17, 15) is 13.7 Å². The van der Waals surface area contributed by atoms with Gasteiger partial charge in [0.05, 0.1) is 16.7 Å². The Kier molecular flexibility index (Phi) is 6.71. The molecule has 1 amide bonds. The van der Waals surface area contributed by atoms with E-state index in [1.165, 1.54) is 36.0 Å². The van der Waals surface area contributed by atoms with Crippen LogP contribution in [0.4, 0.5) is 19.0 Å². The van der Waals surface area contributed by atoms with Gasteiger partial charge in [0.15, 0.2) is 5.75 Å². The molecule has 1 fully saturated rings. The summed E-state index contributed by atoms with van der Waals surface area (Å²) in [5.74, 6) is -1.64. The standard InChI is InChI=1S/C24H20F3NO2S2/c1-31-18-6-2-15(3-7-18)12-22(29)28-17-13-20(26)23(21(14-17)30-27)24(10-11-24)32-19-8-4-16(25)5-9-19/h2-9,13-14H,10-12H2,1H3,(H,28,29). The van der Waals surface area contributed by atoms with Crippen LogP contribution in [-0.2, 0) is 16.0 Å². The molecule has 0 aromatic heterocycles. The number of carbonyl (C=O) groups excluding carboxylic acids is 1. The number of hydrogen-bond donors (Lipinski definition) is 1. The van der Waals surface area contributed by atoms with Crippen molar-refractivity contribution in [3.8, 4) is 5.75 Å². The van der Waals surface area contributed by atoms with Crippen LogP contribution in [0.5, 0.6) is 5.75 Å². The lowest BCUT2D eigenvalue weighted by Gasteiger charge is -2.19. The van der Waals surface area contributed by atoms with Gasteiger partial charge in [-0.25, -0.2) is 8.78 Å². The maximum Gasteiger partial charge on any atom is 0.228 e. The molecule has 3 aromatic rings. The number of benzene rings is 3. The summed E-state index contributed by atoms with van der Waals surface area (Å²) in [6.45, 7) is 0. The second kappa shape index (κ2) is 9.50. The number of amides is 1. The van der Waals surface area contributed by atoms with E-state index in [4.69, 9.17) is 0 Å². The van der Waals surface area contributed by atoms with Gasteiger partial charge >= 0.3 is 0 Å². The van der Waals surface area contributed by atoms with Crippen LogP contribution in [0.25, 0.3) is 0 Å². The van der Waals surface area contributed by atoms with Gasteiger partial charge in [-0.3, -0.25) is 9.74 Å². The highest BCUT2D eigenvalue weighted by atomic mass is 32.2. The Balaban J connectivity index is 1.51. The molecule has 8 heteroatoms. The predicted molar refractivity (Wildman–Crippen MR) is 122 cm³/mol. The predicted octanol–water partition coefficient (Wildman–Crippen LogP) is 6.91. The Morgan fingerprint density at radius 1 is 1.03 bits per heavy atom. The minimum Gasteiger partial charge on any atom is -0.326 e. The molecule has 0 spiro atoms. The van der Waals surface area contributed by atoms with Crippen LogP contribution in [0.2, 0.25) is 0 Å². The Morgan fingerprint density at radius 2 is 1.69 bits per heavy atom. The first-order valence-electron chi connectivity index (χ1n) is 9.92. The van der Waals surface area contributed by atoms with Gasteiger partial charge in [0.2, 0.25) is 5.91 Å². The van der Waals surface area contributed by atoms with E-state index in [0.717, 1.165) is 15.4 Å². The zero-order valence-electron chi connectivity index (χ0n) is 17.2. The number of anilines is 1. The van der Waals surface area contributed by atoms with Gasteiger partial charge in [0.1, 0.15) is 11.6 Å². The number of thioether (sulfide) groups is 2. The van der Waals surface area contributed by atoms with Crippen molar-refractivity contribution in [2.24, 2.45) is 0 Å². The Bertz CT molecular complexity index is 1120. The molecule has 4 rings (SSSR count). The van der Waals surface area contributed by atoms with Crippen LogP contribution in [0, 0.1) is 11.6 Å². The molecule has 1 N–H and O–H groups in total. The zero-order valence-corrected chi connectivity index (χ0v) is 18.8. The molecule has 0 unspecified atom stereocenters. The molecule has 3 aromatic carbocycles. The van der Waals surface area contributed by atoms with Gasteiger partial charge in [0, 0.05) is 26.1 Å². The van der Waals surface area contributed by atoms with Crippen LogP contribution >= 0.6 is 23.5 Å².